The highest BCUT2D eigenvalue weighted by Crippen LogP contribution is 2.15. The van der Waals surface area contributed by atoms with Crippen molar-refractivity contribution in [2.75, 3.05) is 0 Å². The lowest BCUT2D eigenvalue weighted by atomic mass is 10.0. The van der Waals surface area contributed by atoms with Gasteiger partial charge in [0.1, 0.15) is 0 Å². The van der Waals surface area contributed by atoms with E-state index in [4.69, 9.17) is 5.11 Å². The molecule has 0 aromatic rings. The van der Waals surface area contributed by atoms with Gasteiger partial charge in [0.05, 0.1) is 5.92 Å². The predicted molar refractivity (Wildman–Crippen MR) is 38.0 cm³/mol. The fourth-order valence-electron chi connectivity index (χ4n) is 1.18. The molecule has 1 aliphatic heterocycles. The Labute approximate surface area is 64.6 Å². The molecule has 2 N–H and O–H groups in total. The molecular weight excluding hydrogens is 146 g/mol. The van der Waals surface area contributed by atoms with Crippen LogP contribution < -0.4 is 5.32 Å². The van der Waals surface area contributed by atoms with E-state index in [1.54, 1.807) is 6.92 Å². The first-order valence-corrected chi connectivity index (χ1v) is 3.63. The quantitative estimate of drug-likeness (QED) is 0.592. The molecule has 1 amide bonds. The Balaban J connectivity index is 2.49. The number of hydrogen-bond acceptors (Lipinski definition) is 2. The first-order chi connectivity index (χ1) is 5.11. The molecule has 4 nitrogen and oxygen atoms in total. The fourth-order valence-corrected chi connectivity index (χ4v) is 1.18. The van der Waals surface area contributed by atoms with Gasteiger partial charge < -0.3 is 10.4 Å². The molecule has 0 saturated carbocycles. The smallest absolute Gasteiger partial charge is 0.308 e. The van der Waals surface area contributed by atoms with Gasteiger partial charge in [0, 0.05) is 12.5 Å². The second-order valence-corrected chi connectivity index (χ2v) is 2.84. The van der Waals surface area contributed by atoms with E-state index in [0.29, 0.717) is 12.8 Å². The lowest BCUT2D eigenvalue weighted by Crippen LogP contribution is -2.35. The van der Waals surface area contributed by atoms with Crippen LogP contribution in [-0.2, 0) is 9.59 Å². The van der Waals surface area contributed by atoms with Gasteiger partial charge in [-0.05, 0) is 13.3 Å². The standard InChI is InChI=1S/C7H11NO3/c1-4(7(10)11)5-2-3-6(9)8-5/h4-5H,2-3H2,1H3,(H,8,9)(H,10,11)/t4-,5-/m1/s1. The maximum absolute atomic E-state index is 10.7. The third-order valence-corrected chi connectivity index (χ3v) is 2.02. The monoisotopic (exact) mass is 157 g/mol. The van der Waals surface area contributed by atoms with E-state index in [1.165, 1.54) is 0 Å². The Morgan fingerprint density at radius 3 is 2.82 bits per heavy atom. The molecule has 1 rings (SSSR count). The Bertz CT molecular complexity index is 190. The zero-order valence-corrected chi connectivity index (χ0v) is 6.33. The van der Waals surface area contributed by atoms with Crippen molar-refractivity contribution >= 4 is 11.9 Å². The fraction of sp³-hybridized carbons (Fsp3) is 0.714. The minimum atomic E-state index is -0.850. The Hall–Kier alpha value is -1.06. The second kappa shape index (κ2) is 2.90. The third kappa shape index (κ3) is 1.69. The van der Waals surface area contributed by atoms with Gasteiger partial charge >= 0.3 is 5.97 Å². The predicted octanol–water partition coefficient (Wildman–Crippen LogP) is -0.0143. The molecule has 0 aromatic heterocycles. The van der Waals surface area contributed by atoms with Crippen LogP contribution in [0.4, 0.5) is 0 Å². The van der Waals surface area contributed by atoms with Crippen LogP contribution in [-0.4, -0.2) is 23.0 Å². The average molecular weight is 157 g/mol. The molecule has 0 unspecified atom stereocenters. The molecule has 0 bridgehead atoms. The molecule has 11 heavy (non-hydrogen) atoms. The van der Waals surface area contributed by atoms with Gasteiger partial charge in [0.15, 0.2) is 0 Å². The number of hydrogen-bond donors (Lipinski definition) is 2. The second-order valence-electron chi connectivity index (χ2n) is 2.84. The van der Waals surface area contributed by atoms with Crippen LogP contribution in [0.25, 0.3) is 0 Å². The van der Waals surface area contributed by atoms with Crippen LogP contribution in [0.15, 0.2) is 0 Å². The molecule has 0 radical (unpaired) electrons. The molecule has 0 aliphatic carbocycles. The van der Waals surface area contributed by atoms with Crippen molar-refractivity contribution in [1.29, 1.82) is 0 Å². The van der Waals surface area contributed by atoms with E-state index in [2.05, 4.69) is 5.32 Å². The van der Waals surface area contributed by atoms with Gasteiger partial charge in [-0.3, -0.25) is 9.59 Å². The van der Waals surface area contributed by atoms with Crippen LogP contribution >= 0.6 is 0 Å². The van der Waals surface area contributed by atoms with Gasteiger partial charge in [0.25, 0.3) is 0 Å². The van der Waals surface area contributed by atoms with E-state index in [9.17, 15) is 9.59 Å². The van der Waals surface area contributed by atoms with Crippen molar-refractivity contribution in [2.45, 2.75) is 25.8 Å². The summed E-state index contributed by atoms with van der Waals surface area (Å²) in [6, 6.07) is -0.167. The molecule has 0 spiro atoms. The van der Waals surface area contributed by atoms with Crippen molar-refractivity contribution in [3.8, 4) is 0 Å². The van der Waals surface area contributed by atoms with Crippen LogP contribution in [0, 0.1) is 5.92 Å². The third-order valence-electron chi connectivity index (χ3n) is 2.02. The summed E-state index contributed by atoms with van der Waals surface area (Å²) in [6.07, 6.45) is 1.11. The Kier molecular flexibility index (Phi) is 2.12. The zero-order valence-electron chi connectivity index (χ0n) is 6.33. The van der Waals surface area contributed by atoms with Crippen LogP contribution in [0.3, 0.4) is 0 Å². The molecule has 2 atom stereocenters. The lowest BCUT2D eigenvalue weighted by molar-refractivity contribution is -0.142. The van der Waals surface area contributed by atoms with Gasteiger partial charge in [-0.1, -0.05) is 0 Å². The lowest BCUT2D eigenvalue weighted by Gasteiger charge is -2.13. The molecular formula is C7H11NO3. The maximum Gasteiger partial charge on any atom is 0.308 e. The van der Waals surface area contributed by atoms with Crippen molar-refractivity contribution in [3.63, 3.8) is 0 Å². The van der Waals surface area contributed by atoms with E-state index in [1.807, 2.05) is 0 Å². The molecule has 0 aromatic carbocycles. The molecule has 4 heteroatoms. The summed E-state index contributed by atoms with van der Waals surface area (Å²) in [6.45, 7) is 1.61. The van der Waals surface area contributed by atoms with Crippen molar-refractivity contribution in [1.82, 2.24) is 5.32 Å². The van der Waals surface area contributed by atoms with Gasteiger partial charge in [-0.15, -0.1) is 0 Å². The zero-order chi connectivity index (χ0) is 8.43. The summed E-state index contributed by atoms with van der Waals surface area (Å²) in [5.74, 6) is -1.36. The van der Waals surface area contributed by atoms with Crippen molar-refractivity contribution in [2.24, 2.45) is 5.92 Å². The first kappa shape index (κ1) is 8.04. The number of nitrogens with one attached hydrogen (secondary N) is 1. The number of carbonyl (C=O) groups is 2. The van der Waals surface area contributed by atoms with Gasteiger partial charge in [0.2, 0.25) is 5.91 Å². The van der Waals surface area contributed by atoms with Crippen LogP contribution in [0.1, 0.15) is 19.8 Å². The Morgan fingerprint density at radius 2 is 2.45 bits per heavy atom. The van der Waals surface area contributed by atoms with E-state index in [0.717, 1.165) is 0 Å². The normalized spacial score (nSPS) is 26.3. The summed E-state index contributed by atoms with van der Waals surface area (Å²) in [5.41, 5.74) is 0. The van der Waals surface area contributed by atoms with Crippen LogP contribution in [0.5, 0.6) is 0 Å². The van der Waals surface area contributed by atoms with Crippen molar-refractivity contribution < 1.29 is 14.7 Å². The minimum Gasteiger partial charge on any atom is -0.481 e. The van der Waals surface area contributed by atoms with Crippen LogP contribution in [0.2, 0.25) is 0 Å². The molecule has 62 valence electrons. The number of aliphatic carboxylic acids is 1. The summed E-state index contributed by atoms with van der Waals surface area (Å²) in [7, 11) is 0. The Morgan fingerprint density at radius 1 is 1.82 bits per heavy atom. The highest BCUT2D eigenvalue weighted by atomic mass is 16.4. The molecule has 1 heterocycles. The number of carboxylic acids is 1. The summed E-state index contributed by atoms with van der Waals surface area (Å²) in [5, 5.41) is 11.2. The molecule has 1 saturated heterocycles. The topological polar surface area (TPSA) is 66.4 Å². The largest absolute Gasteiger partial charge is 0.481 e. The number of carbonyl (C=O) groups excluding carboxylic acids is 1. The van der Waals surface area contributed by atoms with E-state index >= 15 is 0 Å². The highest BCUT2D eigenvalue weighted by molar-refractivity contribution is 5.80. The van der Waals surface area contributed by atoms with Crippen molar-refractivity contribution in [3.05, 3.63) is 0 Å². The summed E-state index contributed by atoms with van der Waals surface area (Å²) in [4.78, 5) is 21.1. The van der Waals surface area contributed by atoms with Gasteiger partial charge in [-0.2, -0.15) is 0 Å². The van der Waals surface area contributed by atoms with Gasteiger partial charge in [-0.25, -0.2) is 0 Å². The summed E-state index contributed by atoms with van der Waals surface area (Å²) >= 11 is 0. The molecule has 1 aliphatic rings. The highest BCUT2D eigenvalue weighted by Gasteiger charge is 2.29. The number of amides is 1. The minimum absolute atomic E-state index is 0.0388. The maximum atomic E-state index is 10.7. The van der Waals surface area contributed by atoms with E-state index < -0.39 is 11.9 Å². The SMILES string of the molecule is C[C@@H](C(=O)O)[C@H]1CCC(=O)N1. The number of rotatable bonds is 2. The summed E-state index contributed by atoms with van der Waals surface area (Å²) < 4.78 is 0. The number of carboxylic acid groups (broad SMARTS) is 1. The first-order valence-electron chi connectivity index (χ1n) is 3.63. The molecule has 1 fully saturated rings. The average Bonchev–Trinajstić information content (AvgIpc) is 2.34. The van der Waals surface area contributed by atoms with E-state index in [-0.39, 0.29) is 11.9 Å².